The highest BCUT2D eigenvalue weighted by atomic mass is 15.3. The summed E-state index contributed by atoms with van der Waals surface area (Å²) in [6, 6.07) is 65.8. The van der Waals surface area contributed by atoms with E-state index in [0.29, 0.717) is 0 Å². The number of benzene rings is 8. The van der Waals surface area contributed by atoms with Gasteiger partial charge in [-0.05, 0) is 164 Å². The molecule has 3 nitrogen and oxygen atoms in total. The van der Waals surface area contributed by atoms with Crippen molar-refractivity contribution >= 4 is 68.6 Å². The van der Waals surface area contributed by atoms with Gasteiger partial charge in [0.25, 0.3) is 6.71 Å². The molecule has 2 atom stereocenters. The lowest BCUT2D eigenvalue weighted by Gasteiger charge is -2.46. The normalized spacial score (nSPS) is 18.9. The quantitative estimate of drug-likeness (QED) is 0.159. The van der Waals surface area contributed by atoms with Crippen molar-refractivity contribution in [1.29, 1.82) is 0 Å². The summed E-state index contributed by atoms with van der Waals surface area (Å²) in [4.78, 5) is 7.99. The Kier molecular flexibility index (Phi) is 10.4. The molecule has 0 spiro atoms. The van der Waals surface area contributed by atoms with Gasteiger partial charge in [-0.15, -0.1) is 0 Å². The lowest BCUT2D eigenvalue weighted by molar-refractivity contribution is 0.330. The van der Waals surface area contributed by atoms with Crippen LogP contribution in [0.3, 0.4) is 0 Å². The summed E-state index contributed by atoms with van der Waals surface area (Å²) in [5, 5.41) is 0. The Labute approximate surface area is 430 Å². The first kappa shape index (κ1) is 46.3. The SMILES string of the molecule is Cc1cc2c3c(c1)N(c1ccc(C(C)(C)C)cc1-c1ccccc1)c1ccc(-c4ccccc4)cc1B3c1ccc(N3c4ccc(C(C)(C)C)cc4C4(C)CCCC34C)cc1N2c1ccc(C(C)(C)C)cc1. The number of nitrogens with zero attached hydrogens (tertiary/aromatic N) is 3. The molecule has 8 aromatic rings. The van der Waals surface area contributed by atoms with Crippen LogP contribution in [-0.2, 0) is 21.7 Å². The van der Waals surface area contributed by atoms with Crippen molar-refractivity contribution in [2.24, 2.45) is 0 Å². The molecule has 0 radical (unpaired) electrons. The van der Waals surface area contributed by atoms with Gasteiger partial charge in [0.15, 0.2) is 0 Å². The molecule has 0 aromatic heterocycles. The molecule has 0 bridgehead atoms. The maximum Gasteiger partial charge on any atom is 0.252 e. The summed E-state index contributed by atoms with van der Waals surface area (Å²) in [5.74, 6) is 0. The van der Waals surface area contributed by atoms with Crippen molar-refractivity contribution in [2.45, 2.75) is 130 Å². The van der Waals surface area contributed by atoms with E-state index in [0.717, 1.165) is 6.42 Å². The van der Waals surface area contributed by atoms with Crippen LogP contribution in [0.1, 0.15) is 123 Å². The van der Waals surface area contributed by atoms with Crippen LogP contribution < -0.4 is 31.1 Å². The van der Waals surface area contributed by atoms with E-state index in [9.17, 15) is 0 Å². The molecule has 8 aromatic carbocycles. The van der Waals surface area contributed by atoms with Gasteiger partial charge in [0.1, 0.15) is 0 Å². The fourth-order valence-electron chi connectivity index (χ4n) is 13.2. The fourth-order valence-corrected chi connectivity index (χ4v) is 13.2. The fraction of sp³-hybridized carbons (Fsp3) is 0.294. The molecule has 360 valence electrons. The van der Waals surface area contributed by atoms with E-state index >= 15 is 0 Å². The third-order valence-corrected chi connectivity index (χ3v) is 17.5. The average molecular weight is 940 g/mol. The number of hydrogen-bond acceptors (Lipinski definition) is 3. The number of anilines is 8. The summed E-state index contributed by atoms with van der Waals surface area (Å²) in [5.41, 5.74) is 25.7. The van der Waals surface area contributed by atoms with Crippen LogP contribution in [0, 0.1) is 6.92 Å². The van der Waals surface area contributed by atoms with Gasteiger partial charge in [-0.3, -0.25) is 0 Å². The highest BCUT2D eigenvalue weighted by molar-refractivity contribution is 7.00. The Morgan fingerprint density at radius 3 is 1.65 bits per heavy atom. The van der Waals surface area contributed by atoms with Crippen LogP contribution in [0.2, 0.25) is 0 Å². The molecule has 0 N–H and O–H groups in total. The third kappa shape index (κ3) is 7.06. The van der Waals surface area contributed by atoms with E-state index in [1.807, 2.05) is 0 Å². The molecule has 2 unspecified atom stereocenters. The smallest absolute Gasteiger partial charge is 0.252 e. The van der Waals surface area contributed by atoms with Gasteiger partial charge in [0, 0.05) is 50.8 Å². The molecule has 12 rings (SSSR count). The number of rotatable bonds is 5. The molecule has 1 fully saturated rings. The summed E-state index contributed by atoms with van der Waals surface area (Å²) >= 11 is 0. The minimum absolute atomic E-state index is 0.0219. The number of hydrogen-bond donors (Lipinski definition) is 0. The zero-order chi connectivity index (χ0) is 50.3. The molecular formula is C68H70BN3. The van der Waals surface area contributed by atoms with Gasteiger partial charge in [0.2, 0.25) is 0 Å². The summed E-state index contributed by atoms with van der Waals surface area (Å²) in [6.07, 6.45) is 3.57. The van der Waals surface area contributed by atoms with Gasteiger partial charge in [-0.1, -0.05) is 185 Å². The van der Waals surface area contributed by atoms with E-state index in [-0.39, 0.29) is 33.9 Å². The molecule has 0 amide bonds. The Balaban J connectivity index is 1.14. The lowest BCUT2D eigenvalue weighted by atomic mass is 9.33. The molecule has 1 saturated carbocycles. The van der Waals surface area contributed by atoms with Crippen LogP contribution in [0.4, 0.5) is 45.5 Å². The van der Waals surface area contributed by atoms with Crippen molar-refractivity contribution in [3.63, 3.8) is 0 Å². The van der Waals surface area contributed by atoms with Crippen LogP contribution in [-0.4, -0.2) is 12.3 Å². The minimum atomic E-state index is -0.0723. The molecule has 1 aliphatic carbocycles. The van der Waals surface area contributed by atoms with Crippen molar-refractivity contribution < 1.29 is 0 Å². The largest absolute Gasteiger partial charge is 0.334 e. The molecule has 72 heavy (non-hydrogen) atoms. The molecular weight excluding hydrogens is 870 g/mol. The molecule has 3 heterocycles. The highest BCUT2D eigenvalue weighted by Gasteiger charge is 2.60. The van der Waals surface area contributed by atoms with Crippen molar-refractivity contribution in [1.82, 2.24) is 0 Å². The predicted molar refractivity (Wildman–Crippen MR) is 310 cm³/mol. The number of aryl methyl sites for hydroxylation is 1. The Bertz CT molecular complexity index is 3440. The summed E-state index contributed by atoms with van der Waals surface area (Å²) in [6.45, 7) is 28.3. The van der Waals surface area contributed by atoms with Crippen molar-refractivity contribution in [2.75, 3.05) is 14.7 Å². The predicted octanol–water partition coefficient (Wildman–Crippen LogP) is 16.7. The maximum atomic E-state index is 2.76. The summed E-state index contributed by atoms with van der Waals surface area (Å²) in [7, 11) is 0. The Morgan fingerprint density at radius 1 is 0.431 bits per heavy atom. The van der Waals surface area contributed by atoms with Gasteiger partial charge in [-0.2, -0.15) is 0 Å². The topological polar surface area (TPSA) is 9.72 Å². The van der Waals surface area contributed by atoms with Gasteiger partial charge in [0.05, 0.1) is 11.2 Å². The maximum absolute atomic E-state index is 2.76. The second kappa shape index (κ2) is 16.1. The first-order valence-electron chi connectivity index (χ1n) is 26.6. The number of fused-ring (bicyclic) bond motifs is 7. The Hall–Kier alpha value is -6.78. The van der Waals surface area contributed by atoms with E-state index < -0.39 is 0 Å². The average Bonchev–Trinajstić information content (AvgIpc) is 3.76. The molecule has 4 heteroatoms. The zero-order valence-corrected chi connectivity index (χ0v) is 44.7. The first-order valence-corrected chi connectivity index (χ1v) is 26.6. The Morgan fingerprint density at radius 2 is 1.00 bits per heavy atom. The summed E-state index contributed by atoms with van der Waals surface area (Å²) < 4.78 is 0. The second-order valence-corrected chi connectivity index (χ2v) is 25.1. The minimum Gasteiger partial charge on any atom is -0.334 e. The van der Waals surface area contributed by atoms with Crippen LogP contribution >= 0.6 is 0 Å². The zero-order valence-electron chi connectivity index (χ0n) is 44.7. The first-order chi connectivity index (χ1) is 34.2. The standard InChI is InChI=1S/C68H70BN3/c1-44-38-61-63-62(39-44)71(57-34-27-49(65(5,6)7)41-53(57)46-22-17-14-18-23-46)59-33-24-47(45-20-15-13-16-21-45)40-56(59)69(63)55-32-31-52(43-60(55)70(61)51-29-25-48(26-30-51)64(2,3)4)72-58-35-28-50(66(8,9)10)42-54(58)67(11)36-19-37-68(67,72)12/h13-18,20-35,38-43H,19,36-37H2,1-12H3. The van der Waals surface area contributed by atoms with Crippen LogP contribution in [0.25, 0.3) is 22.3 Å². The van der Waals surface area contributed by atoms with Gasteiger partial charge < -0.3 is 14.7 Å². The molecule has 4 aliphatic rings. The monoisotopic (exact) mass is 940 g/mol. The molecule has 0 saturated heterocycles. The van der Waals surface area contributed by atoms with E-state index in [1.165, 1.54) is 125 Å². The van der Waals surface area contributed by atoms with Crippen LogP contribution in [0.15, 0.2) is 170 Å². The third-order valence-electron chi connectivity index (χ3n) is 17.5. The molecule has 3 aliphatic heterocycles. The van der Waals surface area contributed by atoms with Gasteiger partial charge >= 0.3 is 0 Å². The van der Waals surface area contributed by atoms with Crippen molar-refractivity contribution in [3.8, 4) is 22.3 Å². The van der Waals surface area contributed by atoms with E-state index in [2.05, 4.69) is 268 Å². The van der Waals surface area contributed by atoms with Gasteiger partial charge in [-0.25, -0.2) is 0 Å². The van der Waals surface area contributed by atoms with Crippen LogP contribution in [0.5, 0.6) is 0 Å². The second-order valence-electron chi connectivity index (χ2n) is 25.1. The lowest BCUT2D eigenvalue weighted by Crippen LogP contribution is -2.61. The van der Waals surface area contributed by atoms with E-state index in [1.54, 1.807) is 0 Å². The highest BCUT2D eigenvalue weighted by Crippen LogP contribution is 2.63. The van der Waals surface area contributed by atoms with Crippen molar-refractivity contribution in [3.05, 3.63) is 198 Å². The van der Waals surface area contributed by atoms with E-state index in [4.69, 9.17) is 0 Å².